The summed E-state index contributed by atoms with van der Waals surface area (Å²) in [6.45, 7) is 4.92. The van der Waals surface area contributed by atoms with E-state index < -0.39 is 5.97 Å². The molecule has 0 aliphatic carbocycles. The topological polar surface area (TPSA) is 90.7 Å². The normalized spacial score (nSPS) is 10.5. The minimum atomic E-state index is -0.888. The molecule has 6 heteroatoms. The number of benzene rings is 2. The Bertz CT molecular complexity index is 879. The molecule has 160 valence electrons. The van der Waals surface area contributed by atoms with Crippen molar-refractivity contribution in [2.24, 2.45) is 0 Å². The third-order valence-corrected chi connectivity index (χ3v) is 4.82. The Labute approximate surface area is 178 Å². The van der Waals surface area contributed by atoms with E-state index in [1.165, 1.54) is 4.90 Å². The molecule has 0 aliphatic rings. The van der Waals surface area contributed by atoms with Crippen molar-refractivity contribution < 1.29 is 19.4 Å². The first kappa shape index (κ1) is 23.1. The molecule has 6 nitrogen and oxygen atoms in total. The molecule has 0 bridgehead atoms. The number of hydrogen-bond donors (Lipinski definition) is 2. The average molecular weight is 411 g/mol. The Balaban J connectivity index is 2.13. The summed E-state index contributed by atoms with van der Waals surface area (Å²) in [6, 6.07) is 13.8. The van der Waals surface area contributed by atoms with Crippen LogP contribution in [0.5, 0.6) is 5.75 Å². The lowest BCUT2D eigenvalue weighted by Gasteiger charge is -2.15. The van der Waals surface area contributed by atoms with Gasteiger partial charge in [0.05, 0.1) is 13.0 Å². The first-order chi connectivity index (χ1) is 14.5. The molecule has 0 spiro atoms. The zero-order chi connectivity index (χ0) is 21.9. The largest absolute Gasteiger partial charge is 0.493 e. The minimum Gasteiger partial charge on any atom is -0.493 e. The van der Waals surface area contributed by atoms with E-state index in [1.807, 2.05) is 50.2 Å². The number of amides is 1. The Morgan fingerprint density at radius 1 is 1.17 bits per heavy atom. The van der Waals surface area contributed by atoms with Gasteiger partial charge < -0.3 is 14.7 Å². The van der Waals surface area contributed by atoms with Crippen LogP contribution in [0.3, 0.4) is 0 Å². The van der Waals surface area contributed by atoms with Crippen molar-refractivity contribution >= 4 is 18.2 Å². The number of amidine groups is 1. The van der Waals surface area contributed by atoms with Crippen LogP contribution >= 0.6 is 0 Å². The summed E-state index contributed by atoms with van der Waals surface area (Å²) in [5.74, 6) is 0.0686. The SMILES string of the molecule is CCCOc1ccc(-c2cccc(CCCC(=N)N(C=O)CC)c2)cc1CC(=O)O. The summed E-state index contributed by atoms with van der Waals surface area (Å²) in [5, 5.41) is 17.2. The summed E-state index contributed by atoms with van der Waals surface area (Å²) < 4.78 is 5.70. The lowest BCUT2D eigenvalue weighted by Crippen LogP contribution is -2.28. The monoisotopic (exact) mass is 410 g/mol. The van der Waals surface area contributed by atoms with Crippen molar-refractivity contribution in [1.82, 2.24) is 4.90 Å². The van der Waals surface area contributed by atoms with Gasteiger partial charge in [-0.05, 0) is 55.0 Å². The molecular weight excluding hydrogens is 380 g/mol. The molecule has 2 rings (SSSR count). The second-order valence-corrected chi connectivity index (χ2v) is 7.13. The van der Waals surface area contributed by atoms with Gasteiger partial charge in [0.1, 0.15) is 11.6 Å². The van der Waals surface area contributed by atoms with E-state index in [9.17, 15) is 14.7 Å². The van der Waals surface area contributed by atoms with Crippen LogP contribution < -0.4 is 4.74 Å². The summed E-state index contributed by atoms with van der Waals surface area (Å²) in [5.41, 5.74) is 3.77. The predicted octanol–water partition coefficient (Wildman–Crippen LogP) is 4.55. The number of carboxylic acids is 1. The van der Waals surface area contributed by atoms with Crippen LogP contribution in [-0.4, -0.2) is 41.4 Å². The molecule has 30 heavy (non-hydrogen) atoms. The number of nitrogens with one attached hydrogen (secondary N) is 1. The van der Waals surface area contributed by atoms with Crippen LogP contribution in [0.25, 0.3) is 11.1 Å². The van der Waals surface area contributed by atoms with E-state index in [0.717, 1.165) is 36.0 Å². The van der Waals surface area contributed by atoms with Gasteiger partial charge in [-0.1, -0.05) is 37.3 Å². The fourth-order valence-electron chi connectivity index (χ4n) is 3.25. The van der Waals surface area contributed by atoms with Crippen LogP contribution in [0.1, 0.15) is 44.2 Å². The first-order valence-corrected chi connectivity index (χ1v) is 10.3. The molecule has 0 aromatic heterocycles. The maximum absolute atomic E-state index is 11.3. The zero-order valence-electron chi connectivity index (χ0n) is 17.7. The maximum atomic E-state index is 11.3. The Hall–Kier alpha value is -3.15. The molecule has 0 fully saturated rings. The molecule has 0 atom stereocenters. The molecule has 0 unspecified atom stereocenters. The molecule has 0 aliphatic heterocycles. The number of ether oxygens (including phenoxy) is 1. The van der Waals surface area contributed by atoms with Gasteiger partial charge in [0.2, 0.25) is 6.41 Å². The summed E-state index contributed by atoms with van der Waals surface area (Å²) in [6.07, 6.45) is 3.59. The van der Waals surface area contributed by atoms with E-state index in [0.29, 0.717) is 43.1 Å². The maximum Gasteiger partial charge on any atom is 0.307 e. The van der Waals surface area contributed by atoms with Gasteiger partial charge in [0, 0.05) is 18.5 Å². The fourth-order valence-corrected chi connectivity index (χ4v) is 3.25. The van der Waals surface area contributed by atoms with E-state index in [1.54, 1.807) is 0 Å². The fraction of sp³-hybridized carbons (Fsp3) is 0.375. The standard InChI is InChI=1S/C24H30N2O4/c1-3-13-30-22-12-11-20(15-21(22)16-24(28)29)19-9-5-7-18(14-19)8-6-10-23(25)26(4-2)17-27/h5,7,9,11-12,14-15,17,25H,3-4,6,8,10,13,16H2,1-2H3,(H,28,29). The van der Waals surface area contributed by atoms with Gasteiger partial charge >= 0.3 is 5.97 Å². The zero-order valence-corrected chi connectivity index (χ0v) is 17.7. The molecular formula is C24H30N2O4. The summed E-state index contributed by atoms with van der Waals surface area (Å²) in [4.78, 5) is 23.6. The van der Waals surface area contributed by atoms with Gasteiger partial charge in [-0.2, -0.15) is 0 Å². The Kier molecular flexibility index (Phi) is 9.06. The highest BCUT2D eigenvalue weighted by Gasteiger charge is 2.11. The Morgan fingerprint density at radius 3 is 2.60 bits per heavy atom. The van der Waals surface area contributed by atoms with Crippen LogP contribution in [-0.2, 0) is 22.4 Å². The highest BCUT2D eigenvalue weighted by molar-refractivity contribution is 5.88. The van der Waals surface area contributed by atoms with E-state index in [4.69, 9.17) is 10.1 Å². The number of carbonyl (C=O) groups is 2. The van der Waals surface area contributed by atoms with E-state index in [2.05, 4.69) is 6.07 Å². The average Bonchev–Trinajstić information content (AvgIpc) is 2.73. The third kappa shape index (κ3) is 6.72. The first-order valence-electron chi connectivity index (χ1n) is 10.3. The molecule has 0 saturated carbocycles. The smallest absolute Gasteiger partial charge is 0.307 e. The van der Waals surface area contributed by atoms with E-state index in [-0.39, 0.29) is 6.42 Å². The third-order valence-electron chi connectivity index (χ3n) is 4.82. The summed E-state index contributed by atoms with van der Waals surface area (Å²) >= 11 is 0. The highest BCUT2D eigenvalue weighted by atomic mass is 16.5. The van der Waals surface area contributed by atoms with Gasteiger partial charge in [-0.15, -0.1) is 0 Å². The van der Waals surface area contributed by atoms with Crippen LogP contribution in [0.2, 0.25) is 0 Å². The van der Waals surface area contributed by atoms with Crippen molar-refractivity contribution in [3.63, 3.8) is 0 Å². The van der Waals surface area contributed by atoms with Crippen LogP contribution in [0.15, 0.2) is 42.5 Å². The minimum absolute atomic E-state index is 0.0840. The number of aliphatic carboxylic acids is 1. The van der Waals surface area contributed by atoms with Crippen LogP contribution in [0.4, 0.5) is 0 Å². The molecule has 0 heterocycles. The van der Waals surface area contributed by atoms with Crippen molar-refractivity contribution in [1.29, 1.82) is 5.41 Å². The van der Waals surface area contributed by atoms with Gasteiger partial charge in [0.15, 0.2) is 0 Å². The van der Waals surface area contributed by atoms with Gasteiger partial charge in [0.25, 0.3) is 0 Å². The Morgan fingerprint density at radius 2 is 1.93 bits per heavy atom. The molecule has 0 radical (unpaired) electrons. The number of hydrogen-bond acceptors (Lipinski definition) is 4. The number of nitrogens with zero attached hydrogens (tertiary/aromatic N) is 1. The van der Waals surface area contributed by atoms with Gasteiger partial charge in [-0.25, -0.2) is 0 Å². The molecule has 0 saturated heterocycles. The van der Waals surface area contributed by atoms with Gasteiger partial charge in [-0.3, -0.25) is 15.0 Å². The lowest BCUT2D eigenvalue weighted by atomic mass is 9.97. The van der Waals surface area contributed by atoms with E-state index >= 15 is 0 Å². The predicted molar refractivity (Wildman–Crippen MR) is 118 cm³/mol. The number of carbonyl (C=O) groups excluding carboxylic acids is 1. The molecule has 1 amide bonds. The second kappa shape index (κ2) is 11.8. The van der Waals surface area contributed by atoms with Crippen molar-refractivity contribution in [2.75, 3.05) is 13.2 Å². The van der Waals surface area contributed by atoms with Crippen LogP contribution in [0, 0.1) is 5.41 Å². The number of carboxylic acid groups (broad SMARTS) is 1. The molecule has 2 N–H and O–H groups in total. The quantitative estimate of drug-likeness (QED) is 0.305. The van der Waals surface area contributed by atoms with Crippen molar-refractivity contribution in [3.05, 3.63) is 53.6 Å². The number of rotatable bonds is 12. The number of aryl methyl sites for hydroxylation is 1. The summed E-state index contributed by atoms with van der Waals surface area (Å²) in [7, 11) is 0. The lowest BCUT2D eigenvalue weighted by molar-refractivity contribution is -0.136. The van der Waals surface area contributed by atoms with Crippen molar-refractivity contribution in [3.8, 4) is 16.9 Å². The molecule has 2 aromatic rings. The second-order valence-electron chi connectivity index (χ2n) is 7.13. The molecule has 2 aromatic carbocycles. The van der Waals surface area contributed by atoms with Crippen molar-refractivity contribution in [2.45, 2.75) is 46.0 Å². The highest BCUT2D eigenvalue weighted by Crippen LogP contribution is 2.28.